The highest BCUT2D eigenvalue weighted by atomic mass is 35.5. The van der Waals surface area contributed by atoms with E-state index in [0.29, 0.717) is 21.5 Å². The van der Waals surface area contributed by atoms with Crippen LogP contribution in [0.3, 0.4) is 0 Å². The number of ether oxygens (including phenoxy) is 1. The topological polar surface area (TPSA) is 75.7 Å². The molecule has 0 bridgehead atoms. The van der Waals surface area contributed by atoms with Crippen LogP contribution in [0.2, 0.25) is 15.1 Å². The summed E-state index contributed by atoms with van der Waals surface area (Å²) in [5.74, 6) is -0.176. The number of carbonyl (C=O) groups is 1. The van der Waals surface area contributed by atoms with Crippen LogP contribution in [-0.4, -0.2) is 33.7 Å². The molecule has 0 saturated heterocycles. The molecule has 2 aromatic rings. The number of methoxy groups -OCH3 is 1. The largest absolute Gasteiger partial charge is 0.495 e. The van der Waals surface area contributed by atoms with E-state index < -0.39 is 22.0 Å². The van der Waals surface area contributed by atoms with E-state index in [1.165, 1.54) is 50.4 Å². The lowest BCUT2D eigenvalue weighted by atomic mass is 10.2. The second-order valence-corrected chi connectivity index (χ2v) is 8.84. The van der Waals surface area contributed by atoms with Gasteiger partial charge in [0.25, 0.3) is 0 Å². The molecule has 0 spiro atoms. The van der Waals surface area contributed by atoms with Gasteiger partial charge in [0, 0.05) is 15.7 Å². The molecule has 2 aromatic carbocycles. The van der Waals surface area contributed by atoms with Crippen molar-refractivity contribution in [3.63, 3.8) is 0 Å². The van der Waals surface area contributed by atoms with Crippen LogP contribution in [0.4, 0.5) is 11.4 Å². The second-order valence-electron chi connectivity index (χ2n) is 5.70. The van der Waals surface area contributed by atoms with Gasteiger partial charge in [-0.3, -0.25) is 9.10 Å². The number of nitrogens with zero attached hydrogens (tertiary/aromatic N) is 1. The van der Waals surface area contributed by atoms with Crippen LogP contribution in [0.5, 0.6) is 5.75 Å². The lowest BCUT2D eigenvalue weighted by Gasteiger charge is -2.28. The Morgan fingerprint density at radius 2 is 1.70 bits per heavy atom. The number of halogens is 3. The molecule has 0 aromatic heterocycles. The fraction of sp³-hybridized carbons (Fsp3) is 0.235. The Morgan fingerprint density at radius 1 is 1.11 bits per heavy atom. The fourth-order valence-corrected chi connectivity index (χ4v) is 4.42. The molecule has 0 aliphatic carbocycles. The Morgan fingerprint density at radius 3 is 2.19 bits per heavy atom. The number of nitrogens with one attached hydrogen (secondary N) is 1. The summed E-state index contributed by atoms with van der Waals surface area (Å²) in [7, 11) is -2.34. The Kier molecular flexibility index (Phi) is 6.86. The van der Waals surface area contributed by atoms with Crippen molar-refractivity contribution < 1.29 is 17.9 Å². The molecule has 0 fully saturated rings. The maximum absolute atomic E-state index is 12.6. The molecule has 27 heavy (non-hydrogen) atoms. The van der Waals surface area contributed by atoms with Crippen LogP contribution in [0.15, 0.2) is 36.4 Å². The Bertz CT molecular complexity index is 946. The van der Waals surface area contributed by atoms with E-state index in [-0.39, 0.29) is 10.7 Å². The SMILES string of the molecule is COc1ccc(N(C(C)C(=O)Nc2cc(Cl)cc(Cl)c2)S(C)(=O)=O)cc1Cl. The van der Waals surface area contributed by atoms with Gasteiger partial charge < -0.3 is 10.1 Å². The molecule has 146 valence electrons. The van der Waals surface area contributed by atoms with Crippen molar-refractivity contribution in [1.29, 1.82) is 0 Å². The summed E-state index contributed by atoms with van der Waals surface area (Å²) in [5.41, 5.74) is 0.584. The summed E-state index contributed by atoms with van der Waals surface area (Å²) in [6.07, 6.45) is 1.01. The summed E-state index contributed by atoms with van der Waals surface area (Å²) < 4.78 is 30.7. The van der Waals surface area contributed by atoms with Gasteiger partial charge in [-0.15, -0.1) is 0 Å². The van der Waals surface area contributed by atoms with Gasteiger partial charge in [0.2, 0.25) is 15.9 Å². The van der Waals surface area contributed by atoms with Crippen molar-refractivity contribution in [3.8, 4) is 5.75 Å². The van der Waals surface area contributed by atoms with Crippen molar-refractivity contribution >= 4 is 62.1 Å². The quantitative estimate of drug-likeness (QED) is 0.704. The lowest BCUT2D eigenvalue weighted by Crippen LogP contribution is -2.45. The van der Waals surface area contributed by atoms with Crippen molar-refractivity contribution in [3.05, 3.63) is 51.5 Å². The molecule has 1 amide bonds. The third-order valence-electron chi connectivity index (χ3n) is 3.61. The van der Waals surface area contributed by atoms with Crippen LogP contribution in [0, 0.1) is 0 Å². The van der Waals surface area contributed by atoms with Gasteiger partial charge in [-0.25, -0.2) is 8.42 Å². The zero-order chi connectivity index (χ0) is 20.4. The summed E-state index contributed by atoms with van der Waals surface area (Å²) in [4.78, 5) is 12.6. The highest BCUT2D eigenvalue weighted by molar-refractivity contribution is 7.92. The Balaban J connectivity index is 2.36. The fourth-order valence-electron chi connectivity index (χ4n) is 2.47. The lowest BCUT2D eigenvalue weighted by molar-refractivity contribution is -0.116. The van der Waals surface area contributed by atoms with Gasteiger partial charge in [-0.1, -0.05) is 34.8 Å². The second kappa shape index (κ2) is 8.56. The number of hydrogen-bond acceptors (Lipinski definition) is 4. The number of hydrogen-bond donors (Lipinski definition) is 1. The van der Waals surface area contributed by atoms with Crippen LogP contribution in [0.1, 0.15) is 6.92 Å². The molecular formula is C17H17Cl3N2O4S. The highest BCUT2D eigenvalue weighted by Crippen LogP contribution is 2.31. The molecule has 0 aliphatic heterocycles. The van der Waals surface area contributed by atoms with E-state index in [0.717, 1.165) is 10.6 Å². The predicted molar refractivity (Wildman–Crippen MR) is 110 cm³/mol. The Hall–Kier alpha value is -1.67. The number of benzene rings is 2. The third kappa shape index (κ3) is 5.42. The Labute approximate surface area is 173 Å². The molecule has 0 radical (unpaired) electrons. The maximum atomic E-state index is 12.6. The first kappa shape index (κ1) is 21.6. The van der Waals surface area contributed by atoms with Gasteiger partial charge in [0.05, 0.1) is 24.1 Å². The molecule has 0 heterocycles. The number of rotatable bonds is 6. The summed E-state index contributed by atoms with van der Waals surface area (Å²) in [6.45, 7) is 1.46. The number of carbonyl (C=O) groups excluding carboxylic acids is 1. The molecule has 1 atom stereocenters. The summed E-state index contributed by atoms with van der Waals surface area (Å²) in [5, 5.41) is 3.51. The monoisotopic (exact) mass is 450 g/mol. The third-order valence-corrected chi connectivity index (χ3v) is 5.58. The van der Waals surface area contributed by atoms with Gasteiger partial charge in [0.15, 0.2) is 0 Å². The minimum absolute atomic E-state index is 0.220. The number of amides is 1. The van der Waals surface area contributed by atoms with Crippen LogP contribution < -0.4 is 14.4 Å². The smallest absolute Gasteiger partial charge is 0.247 e. The van der Waals surface area contributed by atoms with Crippen molar-refractivity contribution in [2.24, 2.45) is 0 Å². The van der Waals surface area contributed by atoms with Gasteiger partial charge >= 0.3 is 0 Å². The van der Waals surface area contributed by atoms with Crippen LogP contribution >= 0.6 is 34.8 Å². The summed E-state index contributed by atoms with van der Waals surface area (Å²) in [6, 6.07) is 7.91. The first-order valence-corrected chi connectivity index (χ1v) is 10.6. The molecule has 1 N–H and O–H groups in total. The standard InChI is InChI=1S/C17H17Cl3N2O4S/c1-10(17(23)21-13-7-11(18)6-12(19)8-13)22(27(3,24)25)14-4-5-16(26-2)15(20)9-14/h4-10H,1-3H3,(H,21,23). The zero-order valence-corrected chi connectivity index (χ0v) is 17.7. The molecule has 2 rings (SSSR count). The minimum atomic E-state index is -3.79. The van der Waals surface area contributed by atoms with Crippen LogP contribution in [-0.2, 0) is 14.8 Å². The van der Waals surface area contributed by atoms with Gasteiger partial charge in [0.1, 0.15) is 11.8 Å². The average molecular weight is 452 g/mol. The van der Waals surface area contributed by atoms with E-state index in [2.05, 4.69) is 5.32 Å². The molecule has 10 heteroatoms. The average Bonchev–Trinajstić information content (AvgIpc) is 2.52. The number of sulfonamides is 1. The van der Waals surface area contributed by atoms with Gasteiger partial charge in [-0.05, 0) is 43.3 Å². The zero-order valence-electron chi connectivity index (χ0n) is 14.7. The number of anilines is 2. The van der Waals surface area contributed by atoms with Crippen molar-refractivity contribution in [2.75, 3.05) is 23.0 Å². The van der Waals surface area contributed by atoms with Crippen molar-refractivity contribution in [2.45, 2.75) is 13.0 Å². The molecule has 6 nitrogen and oxygen atoms in total. The normalized spacial score (nSPS) is 12.4. The maximum Gasteiger partial charge on any atom is 0.247 e. The molecule has 0 aliphatic rings. The highest BCUT2D eigenvalue weighted by Gasteiger charge is 2.29. The minimum Gasteiger partial charge on any atom is -0.495 e. The van der Waals surface area contributed by atoms with E-state index in [9.17, 15) is 13.2 Å². The van der Waals surface area contributed by atoms with Crippen molar-refractivity contribution in [1.82, 2.24) is 0 Å². The van der Waals surface area contributed by atoms with E-state index in [1.807, 2.05) is 0 Å². The molecule has 0 saturated carbocycles. The first-order chi connectivity index (χ1) is 12.5. The summed E-state index contributed by atoms with van der Waals surface area (Å²) >= 11 is 17.9. The van der Waals surface area contributed by atoms with Gasteiger partial charge in [-0.2, -0.15) is 0 Å². The van der Waals surface area contributed by atoms with E-state index >= 15 is 0 Å². The molecular weight excluding hydrogens is 435 g/mol. The van der Waals surface area contributed by atoms with E-state index in [4.69, 9.17) is 39.5 Å². The first-order valence-electron chi connectivity index (χ1n) is 7.63. The van der Waals surface area contributed by atoms with Crippen LogP contribution in [0.25, 0.3) is 0 Å². The molecule has 1 unspecified atom stereocenters. The predicted octanol–water partition coefficient (Wildman–Crippen LogP) is 4.45. The van der Waals surface area contributed by atoms with E-state index in [1.54, 1.807) is 0 Å².